The molecule has 2 amide bonds. The maximum Gasteiger partial charge on any atom is 0.251 e. The van der Waals surface area contributed by atoms with Crippen LogP contribution in [0.1, 0.15) is 29.3 Å². The Morgan fingerprint density at radius 3 is 2.41 bits per heavy atom. The quantitative estimate of drug-likeness (QED) is 0.789. The molecule has 1 aromatic carbocycles. The molecule has 0 spiro atoms. The standard InChI is InChI=1S/C20H30N4O2.ClH/c1-3-16-4-6-17(7-5-16)19(25)21-9-11-24-10-8-18(20(24)26)23-14-12-22(2)13-15-23;/h4-7,18H,3,8-15H2,1-2H3,(H,21,25);1H. The van der Waals surface area contributed by atoms with E-state index in [9.17, 15) is 9.59 Å². The zero-order valence-corrected chi connectivity index (χ0v) is 17.1. The molecule has 0 radical (unpaired) electrons. The Morgan fingerprint density at radius 2 is 1.78 bits per heavy atom. The Morgan fingerprint density at radius 1 is 1.11 bits per heavy atom. The van der Waals surface area contributed by atoms with Gasteiger partial charge in [0.05, 0.1) is 6.04 Å². The lowest BCUT2D eigenvalue weighted by molar-refractivity contribution is -0.132. The summed E-state index contributed by atoms with van der Waals surface area (Å²) in [6.07, 6.45) is 1.86. The summed E-state index contributed by atoms with van der Waals surface area (Å²) in [5.74, 6) is 0.144. The second kappa shape index (κ2) is 10.1. The van der Waals surface area contributed by atoms with Gasteiger partial charge < -0.3 is 15.1 Å². The SMILES string of the molecule is CCc1ccc(C(=O)NCCN2CCC(N3CCN(C)CC3)C2=O)cc1.Cl. The van der Waals surface area contributed by atoms with Gasteiger partial charge in [-0.15, -0.1) is 12.4 Å². The van der Waals surface area contributed by atoms with Crippen molar-refractivity contribution in [3.63, 3.8) is 0 Å². The second-order valence-corrected chi connectivity index (χ2v) is 7.28. The number of likely N-dealkylation sites (tertiary alicyclic amines) is 1. The fraction of sp³-hybridized carbons (Fsp3) is 0.600. The predicted molar refractivity (Wildman–Crippen MR) is 109 cm³/mol. The first-order valence-electron chi connectivity index (χ1n) is 9.67. The molecule has 27 heavy (non-hydrogen) atoms. The first kappa shape index (κ1) is 21.7. The molecule has 0 saturated carbocycles. The maximum absolute atomic E-state index is 12.7. The smallest absolute Gasteiger partial charge is 0.251 e. The summed E-state index contributed by atoms with van der Waals surface area (Å²) in [6, 6.07) is 7.72. The van der Waals surface area contributed by atoms with E-state index in [2.05, 4.69) is 29.1 Å². The minimum atomic E-state index is -0.0742. The van der Waals surface area contributed by atoms with Gasteiger partial charge in [-0.1, -0.05) is 19.1 Å². The number of nitrogens with zero attached hydrogens (tertiary/aromatic N) is 3. The topological polar surface area (TPSA) is 55.9 Å². The van der Waals surface area contributed by atoms with E-state index in [1.165, 1.54) is 5.56 Å². The number of halogens is 1. The van der Waals surface area contributed by atoms with E-state index in [0.29, 0.717) is 18.7 Å². The molecule has 2 aliphatic heterocycles. The molecule has 0 aromatic heterocycles. The van der Waals surface area contributed by atoms with E-state index in [1.807, 2.05) is 29.2 Å². The fourth-order valence-electron chi connectivity index (χ4n) is 3.72. The largest absolute Gasteiger partial charge is 0.350 e. The van der Waals surface area contributed by atoms with Crippen molar-refractivity contribution in [2.24, 2.45) is 0 Å². The number of carbonyl (C=O) groups excluding carboxylic acids is 2. The summed E-state index contributed by atoms with van der Waals surface area (Å²) in [6.45, 7) is 7.94. The summed E-state index contributed by atoms with van der Waals surface area (Å²) in [7, 11) is 2.12. The van der Waals surface area contributed by atoms with Gasteiger partial charge in [-0.25, -0.2) is 0 Å². The van der Waals surface area contributed by atoms with Crippen molar-refractivity contribution in [3.8, 4) is 0 Å². The Bertz CT molecular complexity index is 629. The van der Waals surface area contributed by atoms with Crippen LogP contribution in [0.4, 0.5) is 0 Å². The Labute approximate surface area is 168 Å². The fourth-order valence-corrected chi connectivity index (χ4v) is 3.72. The predicted octanol–water partition coefficient (Wildman–Crippen LogP) is 1.25. The van der Waals surface area contributed by atoms with Crippen LogP contribution in [0.3, 0.4) is 0 Å². The molecular formula is C20H31ClN4O2. The number of hydrogen-bond acceptors (Lipinski definition) is 4. The van der Waals surface area contributed by atoms with Crippen LogP contribution in [0.2, 0.25) is 0 Å². The summed E-state index contributed by atoms with van der Waals surface area (Å²) in [5, 5.41) is 2.93. The molecule has 2 aliphatic rings. The summed E-state index contributed by atoms with van der Waals surface area (Å²) >= 11 is 0. The monoisotopic (exact) mass is 394 g/mol. The second-order valence-electron chi connectivity index (χ2n) is 7.28. The maximum atomic E-state index is 12.7. The van der Waals surface area contributed by atoms with E-state index >= 15 is 0 Å². The number of amides is 2. The van der Waals surface area contributed by atoms with Crippen molar-refractivity contribution in [1.82, 2.24) is 20.0 Å². The lowest BCUT2D eigenvalue weighted by Gasteiger charge is -2.35. The summed E-state index contributed by atoms with van der Waals surface area (Å²) in [5.41, 5.74) is 1.89. The number of carbonyl (C=O) groups is 2. The highest BCUT2D eigenvalue weighted by Crippen LogP contribution is 2.18. The number of likely N-dealkylation sites (N-methyl/N-ethyl adjacent to an activating group) is 1. The van der Waals surface area contributed by atoms with Gasteiger partial charge >= 0.3 is 0 Å². The van der Waals surface area contributed by atoms with Crippen molar-refractivity contribution in [2.75, 3.05) is 52.9 Å². The van der Waals surface area contributed by atoms with Crippen molar-refractivity contribution < 1.29 is 9.59 Å². The van der Waals surface area contributed by atoms with Gasteiger partial charge in [0.15, 0.2) is 0 Å². The van der Waals surface area contributed by atoms with E-state index in [-0.39, 0.29) is 30.3 Å². The number of rotatable bonds is 6. The van der Waals surface area contributed by atoms with Crippen LogP contribution in [-0.4, -0.2) is 85.4 Å². The van der Waals surface area contributed by atoms with Gasteiger partial charge in [0, 0.05) is 51.4 Å². The Balaban J connectivity index is 0.00000261. The molecule has 1 atom stereocenters. The molecule has 2 heterocycles. The van der Waals surface area contributed by atoms with E-state index in [1.54, 1.807) is 0 Å². The molecule has 0 bridgehead atoms. The number of nitrogens with one attached hydrogen (secondary N) is 1. The first-order valence-corrected chi connectivity index (χ1v) is 9.67. The van der Waals surface area contributed by atoms with Gasteiger partial charge in [-0.3, -0.25) is 14.5 Å². The van der Waals surface area contributed by atoms with Crippen molar-refractivity contribution in [3.05, 3.63) is 35.4 Å². The van der Waals surface area contributed by atoms with Gasteiger partial charge in [0.2, 0.25) is 5.91 Å². The average Bonchev–Trinajstić information content (AvgIpc) is 3.03. The van der Waals surface area contributed by atoms with Crippen LogP contribution >= 0.6 is 12.4 Å². The van der Waals surface area contributed by atoms with Crippen LogP contribution in [0.15, 0.2) is 24.3 Å². The van der Waals surface area contributed by atoms with Crippen molar-refractivity contribution >= 4 is 24.2 Å². The minimum Gasteiger partial charge on any atom is -0.350 e. The highest BCUT2D eigenvalue weighted by atomic mass is 35.5. The van der Waals surface area contributed by atoms with Crippen LogP contribution < -0.4 is 5.32 Å². The van der Waals surface area contributed by atoms with E-state index in [0.717, 1.165) is 45.6 Å². The number of hydrogen-bond donors (Lipinski definition) is 1. The average molecular weight is 395 g/mol. The van der Waals surface area contributed by atoms with Crippen LogP contribution in [0.5, 0.6) is 0 Å². The van der Waals surface area contributed by atoms with E-state index in [4.69, 9.17) is 0 Å². The summed E-state index contributed by atoms with van der Waals surface area (Å²) in [4.78, 5) is 31.4. The van der Waals surface area contributed by atoms with Gasteiger partial charge in [0.25, 0.3) is 5.91 Å². The third-order valence-corrected chi connectivity index (χ3v) is 5.54. The summed E-state index contributed by atoms with van der Waals surface area (Å²) < 4.78 is 0. The zero-order valence-electron chi connectivity index (χ0n) is 16.3. The zero-order chi connectivity index (χ0) is 18.5. The third-order valence-electron chi connectivity index (χ3n) is 5.54. The van der Waals surface area contributed by atoms with Gasteiger partial charge in [-0.05, 0) is 37.6 Å². The molecule has 2 fully saturated rings. The lowest BCUT2D eigenvalue weighted by atomic mass is 10.1. The van der Waals surface area contributed by atoms with E-state index < -0.39 is 0 Å². The molecule has 6 nitrogen and oxygen atoms in total. The Kier molecular flexibility index (Phi) is 8.07. The van der Waals surface area contributed by atoms with Crippen molar-refractivity contribution in [2.45, 2.75) is 25.8 Å². The van der Waals surface area contributed by atoms with Crippen LogP contribution in [-0.2, 0) is 11.2 Å². The first-order chi connectivity index (χ1) is 12.6. The van der Waals surface area contributed by atoms with Crippen LogP contribution in [0, 0.1) is 0 Å². The lowest BCUT2D eigenvalue weighted by Crippen LogP contribution is -2.51. The molecule has 0 aliphatic carbocycles. The highest BCUT2D eigenvalue weighted by Gasteiger charge is 2.36. The molecule has 1 unspecified atom stereocenters. The van der Waals surface area contributed by atoms with Crippen molar-refractivity contribution in [1.29, 1.82) is 0 Å². The molecule has 7 heteroatoms. The number of piperazine rings is 1. The molecule has 1 aromatic rings. The molecule has 3 rings (SSSR count). The number of aryl methyl sites for hydroxylation is 1. The Hall–Kier alpha value is -1.63. The normalized spacial score (nSPS) is 21.2. The van der Waals surface area contributed by atoms with Crippen LogP contribution in [0.25, 0.3) is 0 Å². The molecule has 1 N–H and O–H groups in total. The molecular weight excluding hydrogens is 364 g/mol. The third kappa shape index (κ3) is 5.43. The van der Waals surface area contributed by atoms with Gasteiger partial charge in [-0.2, -0.15) is 0 Å². The molecule has 150 valence electrons. The van der Waals surface area contributed by atoms with Gasteiger partial charge in [0.1, 0.15) is 0 Å². The highest BCUT2D eigenvalue weighted by molar-refractivity contribution is 5.94. The minimum absolute atomic E-state index is 0. The molecule has 2 saturated heterocycles. The number of benzene rings is 1.